The van der Waals surface area contributed by atoms with Gasteiger partial charge in [0.25, 0.3) is 5.91 Å². The summed E-state index contributed by atoms with van der Waals surface area (Å²) in [5.41, 5.74) is 6.45. The van der Waals surface area contributed by atoms with Gasteiger partial charge in [0.2, 0.25) is 5.88 Å². The zero-order valence-electron chi connectivity index (χ0n) is 9.98. The summed E-state index contributed by atoms with van der Waals surface area (Å²) in [6, 6.07) is 3.78. The van der Waals surface area contributed by atoms with Gasteiger partial charge in [0, 0.05) is 6.04 Å². The van der Waals surface area contributed by atoms with Gasteiger partial charge in [-0.2, -0.15) is 0 Å². The quantitative estimate of drug-likeness (QED) is 0.912. The zero-order chi connectivity index (χ0) is 13.4. The number of aromatic nitrogens is 1. The molecule has 2 aromatic heterocycles. The van der Waals surface area contributed by atoms with E-state index in [9.17, 15) is 4.79 Å². The number of carbonyl (C=O) groups excluding carboxylic acids is 1. The van der Waals surface area contributed by atoms with Crippen molar-refractivity contribution in [2.75, 3.05) is 5.73 Å². The third kappa shape index (κ3) is 2.33. The summed E-state index contributed by atoms with van der Waals surface area (Å²) >= 11 is 7.22. The van der Waals surface area contributed by atoms with E-state index in [0.717, 1.165) is 24.1 Å². The van der Waals surface area contributed by atoms with Gasteiger partial charge in [0.15, 0.2) is 0 Å². The number of nitrogens with two attached hydrogens (primary N) is 1. The zero-order valence-corrected chi connectivity index (χ0v) is 11.6. The molecule has 0 aliphatic heterocycles. The van der Waals surface area contributed by atoms with E-state index >= 15 is 0 Å². The number of hydrogen-bond acceptors (Lipinski definition) is 5. The molecule has 7 heteroatoms. The van der Waals surface area contributed by atoms with Crippen LogP contribution in [0, 0.1) is 0 Å². The molecule has 3 N–H and O–H groups in total. The number of halogens is 1. The average Bonchev–Trinajstić information content (AvgIpc) is 2.89. The van der Waals surface area contributed by atoms with Gasteiger partial charge in [-0.05, 0) is 31.4 Å². The first-order valence-electron chi connectivity index (χ1n) is 5.97. The molecule has 5 nitrogen and oxygen atoms in total. The van der Waals surface area contributed by atoms with Crippen LogP contribution in [0.1, 0.15) is 29.6 Å². The van der Waals surface area contributed by atoms with Crippen LogP contribution in [-0.2, 0) is 0 Å². The maximum Gasteiger partial charge on any atom is 0.259 e. The highest BCUT2D eigenvalue weighted by molar-refractivity contribution is 7.19. The van der Waals surface area contributed by atoms with E-state index in [0.29, 0.717) is 15.6 Å². The minimum absolute atomic E-state index is 0.0383. The topological polar surface area (TPSA) is 81.2 Å². The summed E-state index contributed by atoms with van der Waals surface area (Å²) in [6.07, 6.45) is 3.17. The molecule has 3 rings (SSSR count). The molecule has 0 spiro atoms. The van der Waals surface area contributed by atoms with Crippen molar-refractivity contribution in [3.8, 4) is 10.6 Å². The van der Waals surface area contributed by atoms with Crippen molar-refractivity contribution >= 4 is 34.7 Å². The van der Waals surface area contributed by atoms with Crippen LogP contribution in [0.4, 0.5) is 5.88 Å². The van der Waals surface area contributed by atoms with E-state index in [2.05, 4.69) is 10.5 Å². The van der Waals surface area contributed by atoms with E-state index in [1.807, 2.05) is 0 Å². The van der Waals surface area contributed by atoms with Gasteiger partial charge in [-0.25, -0.2) is 0 Å². The number of anilines is 1. The Balaban J connectivity index is 1.91. The minimum Gasteiger partial charge on any atom is -0.367 e. The first-order valence-corrected chi connectivity index (χ1v) is 7.16. The second-order valence-corrected chi connectivity index (χ2v) is 6.19. The molecule has 0 unspecified atom stereocenters. The van der Waals surface area contributed by atoms with Crippen molar-refractivity contribution < 1.29 is 9.32 Å². The first-order chi connectivity index (χ1) is 9.15. The third-order valence-corrected chi connectivity index (χ3v) is 4.43. The van der Waals surface area contributed by atoms with E-state index < -0.39 is 0 Å². The molecule has 1 aliphatic rings. The molecule has 0 saturated heterocycles. The van der Waals surface area contributed by atoms with Gasteiger partial charge >= 0.3 is 0 Å². The molecule has 0 aromatic carbocycles. The van der Waals surface area contributed by atoms with Gasteiger partial charge < -0.3 is 15.6 Å². The minimum atomic E-state index is -0.233. The number of carbonyl (C=O) groups is 1. The van der Waals surface area contributed by atoms with Gasteiger partial charge in [0.05, 0.1) is 9.21 Å². The number of thiophene rings is 1. The lowest BCUT2D eigenvalue weighted by Crippen LogP contribution is -2.39. The molecule has 2 aromatic rings. The maximum absolute atomic E-state index is 12.2. The molecule has 19 heavy (non-hydrogen) atoms. The van der Waals surface area contributed by atoms with Crippen LogP contribution in [0.2, 0.25) is 4.34 Å². The summed E-state index contributed by atoms with van der Waals surface area (Å²) in [5, 5.41) is 6.79. The fraction of sp³-hybridized carbons (Fsp3) is 0.333. The van der Waals surface area contributed by atoms with Gasteiger partial charge in [-0.1, -0.05) is 16.8 Å². The van der Waals surface area contributed by atoms with Crippen molar-refractivity contribution in [3.05, 3.63) is 22.0 Å². The second kappa shape index (κ2) is 4.86. The third-order valence-electron chi connectivity index (χ3n) is 3.19. The summed E-state index contributed by atoms with van der Waals surface area (Å²) in [6.45, 7) is 0. The van der Waals surface area contributed by atoms with Crippen molar-refractivity contribution in [2.24, 2.45) is 0 Å². The standard InChI is InChI=1S/C12H12ClN3O2S/c13-8-5-4-7(19-8)10-9(11(14)18-16-10)12(17)15-6-2-1-3-6/h4-6H,1-3,14H2,(H,15,17). The van der Waals surface area contributed by atoms with Crippen LogP contribution >= 0.6 is 22.9 Å². The Morgan fingerprint density at radius 2 is 2.32 bits per heavy atom. The van der Waals surface area contributed by atoms with E-state index in [-0.39, 0.29) is 17.8 Å². The molecular formula is C12H12ClN3O2S. The number of rotatable bonds is 3. The van der Waals surface area contributed by atoms with Crippen LogP contribution in [0.5, 0.6) is 0 Å². The number of hydrogen-bond donors (Lipinski definition) is 2. The van der Waals surface area contributed by atoms with Crippen LogP contribution in [0.15, 0.2) is 16.7 Å². The SMILES string of the molecule is Nc1onc(-c2ccc(Cl)s2)c1C(=O)NC1CCC1. The average molecular weight is 298 g/mol. The highest BCUT2D eigenvalue weighted by Crippen LogP contribution is 2.34. The smallest absolute Gasteiger partial charge is 0.259 e. The number of nitrogens with one attached hydrogen (secondary N) is 1. The van der Waals surface area contributed by atoms with E-state index in [1.165, 1.54) is 11.3 Å². The number of nitrogens with zero attached hydrogens (tertiary/aromatic N) is 1. The van der Waals surface area contributed by atoms with Crippen LogP contribution in [-0.4, -0.2) is 17.1 Å². The summed E-state index contributed by atoms with van der Waals surface area (Å²) in [5.74, 6) is -0.195. The molecule has 100 valence electrons. The van der Waals surface area contributed by atoms with Crippen LogP contribution < -0.4 is 11.1 Å². The Morgan fingerprint density at radius 3 is 2.89 bits per heavy atom. The Bertz CT molecular complexity index is 618. The summed E-state index contributed by atoms with van der Waals surface area (Å²) in [7, 11) is 0. The molecule has 2 heterocycles. The maximum atomic E-state index is 12.2. The Kier molecular flexibility index (Phi) is 3.20. The van der Waals surface area contributed by atoms with Crippen molar-refractivity contribution in [1.82, 2.24) is 10.5 Å². The lowest BCUT2D eigenvalue weighted by Gasteiger charge is -2.26. The van der Waals surface area contributed by atoms with Crippen molar-refractivity contribution in [2.45, 2.75) is 25.3 Å². The lowest BCUT2D eigenvalue weighted by molar-refractivity contribution is 0.0918. The molecule has 1 aliphatic carbocycles. The normalized spacial score (nSPS) is 15.2. The Hall–Kier alpha value is -1.53. The molecule has 0 bridgehead atoms. The number of amides is 1. The fourth-order valence-electron chi connectivity index (χ4n) is 1.94. The summed E-state index contributed by atoms with van der Waals surface area (Å²) < 4.78 is 5.57. The van der Waals surface area contributed by atoms with E-state index in [4.69, 9.17) is 21.9 Å². The molecular weight excluding hydrogens is 286 g/mol. The monoisotopic (exact) mass is 297 g/mol. The summed E-state index contributed by atoms with van der Waals surface area (Å²) in [4.78, 5) is 13.0. The highest BCUT2D eigenvalue weighted by atomic mass is 35.5. The van der Waals surface area contributed by atoms with Crippen LogP contribution in [0.25, 0.3) is 10.6 Å². The molecule has 1 amide bonds. The molecule has 1 saturated carbocycles. The van der Waals surface area contributed by atoms with E-state index in [1.54, 1.807) is 12.1 Å². The molecule has 0 atom stereocenters. The molecule has 1 fully saturated rings. The Labute approximate surface area is 118 Å². The number of nitrogen functional groups attached to an aromatic ring is 1. The fourth-order valence-corrected chi connectivity index (χ4v) is 2.97. The van der Waals surface area contributed by atoms with Crippen molar-refractivity contribution in [1.29, 1.82) is 0 Å². The Morgan fingerprint density at radius 1 is 1.53 bits per heavy atom. The predicted molar refractivity (Wildman–Crippen MR) is 74.3 cm³/mol. The van der Waals surface area contributed by atoms with Gasteiger partial charge in [0.1, 0.15) is 11.3 Å². The lowest BCUT2D eigenvalue weighted by atomic mass is 9.93. The van der Waals surface area contributed by atoms with Crippen molar-refractivity contribution in [3.63, 3.8) is 0 Å². The van der Waals surface area contributed by atoms with Crippen LogP contribution in [0.3, 0.4) is 0 Å². The first kappa shape index (κ1) is 12.5. The largest absolute Gasteiger partial charge is 0.367 e. The van der Waals surface area contributed by atoms with Gasteiger partial charge in [-0.15, -0.1) is 11.3 Å². The predicted octanol–water partition coefficient (Wildman–Crippen LogP) is 2.92. The highest BCUT2D eigenvalue weighted by Gasteiger charge is 2.27. The van der Waals surface area contributed by atoms with Gasteiger partial charge in [-0.3, -0.25) is 4.79 Å². The molecule has 0 radical (unpaired) electrons. The second-order valence-electron chi connectivity index (χ2n) is 4.48.